The Morgan fingerprint density at radius 1 is 1.42 bits per heavy atom. The summed E-state index contributed by atoms with van der Waals surface area (Å²) >= 11 is 4.91. The van der Waals surface area contributed by atoms with Crippen molar-refractivity contribution >= 4 is 28.9 Å². The molecule has 0 atom stereocenters. The Hall–Kier alpha value is -2.28. The van der Waals surface area contributed by atoms with Crippen LogP contribution in [0.1, 0.15) is 21.5 Å². The largest absolute Gasteiger partial charge is 0.389 e. The summed E-state index contributed by atoms with van der Waals surface area (Å²) in [6.07, 6.45) is 4.70. The number of pyridine rings is 1. The van der Waals surface area contributed by atoms with E-state index in [-0.39, 0.29) is 10.9 Å². The minimum absolute atomic E-state index is 0.186. The van der Waals surface area contributed by atoms with Gasteiger partial charge in [-0.1, -0.05) is 12.2 Å². The summed E-state index contributed by atoms with van der Waals surface area (Å²) in [7, 11) is 1.70. The molecule has 3 N–H and O–H groups in total. The second kappa shape index (κ2) is 5.15. The van der Waals surface area contributed by atoms with Gasteiger partial charge < -0.3 is 11.1 Å². The van der Waals surface area contributed by atoms with E-state index in [9.17, 15) is 4.79 Å². The zero-order chi connectivity index (χ0) is 14.0. The molecule has 98 valence electrons. The average Bonchev–Trinajstić information content (AvgIpc) is 2.71. The van der Waals surface area contributed by atoms with Gasteiger partial charge in [-0.25, -0.2) is 0 Å². The molecule has 0 unspecified atom stereocenters. The molecule has 2 aromatic heterocycles. The fourth-order valence-electron chi connectivity index (χ4n) is 1.62. The van der Waals surface area contributed by atoms with Crippen molar-refractivity contribution in [1.29, 1.82) is 0 Å². The lowest BCUT2D eigenvalue weighted by atomic mass is 10.2. The van der Waals surface area contributed by atoms with Crippen LogP contribution in [-0.4, -0.2) is 25.7 Å². The summed E-state index contributed by atoms with van der Waals surface area (Å²) in [5.74, 6) is 0.191. The number of aryl methyl sites for hydroxylation is 2. The Labute approximate surface area is 115 Å². The van der Waals surface area contributed by atoms with E-state index in [1.54, 1.807) is 19.3 Å². The minimum atomic E-state index is -0.280. The first-order valence-electron chi connectivity index (χ1n) is 5.54. The number of amides is 1. The maximum absolute atomic E-state index is 12.1. The minimum Gasteiger partial charge on any atom is -0.389 e. The number of anilines is 1. The van der Waals surface area contributed by atoms with Gasteiger partial charge in [-0.2, -0.15) is 5.10 Å². The van der Waals surface area contributed by atoms with E-state index in [0.717, 1.165) is 5.56 Å². The maximum Gasteiger partial charge on any atom is 0.258 e. The van der Waals surface area contributed by atoms with Crippen LogP contribution < -0.4 is 11.1 Å². The van der Waals surface area contributed by atoms with E-state index in [1.165, 1.54) is 17.1 Å². The predicted molar refractivity (Wildman–Crippen MR) is 76.0 cm³/mol. The normalized spacial score (nSPS) is 10.2. The van der Waals surface area contributed by atoms with E-state index in [1.807, 2.05) is 6.92 Å². The SMILES string of the molecule is Cc1cncc(C(=O)Nc2c(C(N)=S)cnn2C)c1. The zero-order valence-corrected chi connectivity index (χ0v) is 11.4. The fourth-order valence-corrected chi connectivity index (χ4v) is 1.77. The van der Waals surface area contributed by atoms with Gasteiger partial charge in [-0.05, 0) is 18.6 Å². The smallest absolute Gasteiger partial charge is 0.258 e. The highest BCUT2D eigenvalue weighted by Crippen LogP contribution is 2.15. The fraction of sp³-hybridized carbons (Fsp3) is 0.167. The van der Waals surface area contributed by atoms with Crippen LogP contribution in [0.25, 0.3) is 0 Å². The Morgan fingerprint density at radius 2 is 2.16 bits per heavy atom. The molecule has 0 fully saturated rings. The number of hydrogen-bond acceptors (Lipinski definition) is 4. The molecule has 0 aromatic carbocycles. The van der Waals surface area contributed by atoms with Crippen LogP contribution in [0.5, 0.6) is 0 Å². The Bertz CT molecular complexity index is 649. The number of nitrogens with one attached hydrogen (secondary N) is 1. The lowest BCUT2D eigenvalue weighted by Gasteiger charge is -2.08. The van der Waals surface area contributed by atoms with E-state index in [2.05, 4.69) is 15.4 Å². The molecule has 2 rings (SSSR count). The van der Waals surface area contributed by atoms with E-state index in [0.29, 0.717) is 16.9 Å². The van der Waals surface area contributed by atoms with Gasteiger partial charge in [0.05, 0.1) is 17.3 Å². The monoisotopic (exact) mass is 275 g/mol. The Balaban J connectivity index is 2.29. The summed E-state index contributed by atoms with van der Waals surface area (Å²) < 4.78 is 1.51. The van der Waals surface area contributed by atoms with Crippen LogP contribution in [0.15, 0.2) is 24.7 Å². The van der Waals surface area contributed by atoms with Gasteiger partial charge in [-0.3, -0.25) is 14.5 Å². The van der Waals surface area contributed by atoms with Gasteiger partial charge in [0.25, 0.3) is 5.91 Å². The summed E-state index contributed by atoms with van der Waals surface area (Å²) in [6, 6.07) is 1.75. The molecule has 1 amide bonds. The highest BCUT2D eigenvalue weighted by atomic mass is 32.1. The molecule has 0 aliphatic carbocycles. The molecular weight excluding hydrogens is 262 g/mol. The molecule has 0 bridgehead atoms. The standard InChI is InChI=1S/C12H13N5OS/c1-7-3-8(5-14-4-7)12(18)16-11-9(10(13)19)6-15-17(11)2/h3-6H,1-2H3,(H2,13,19)(H,16,18). The first-order chi connectivity index (χ1) is 8.99. The van der Waals surface area contributed by atoms with Crippen molar-refractivity contribution in [2.24, 2.45) is 12.8 Å². The Kier molecular flexibility index (Phi) is 3.57. The number of carbonyl (C=O) groups excluding carboxylic acids is 1. The van der Waals surface area contributed by atoms with Gasteiger partial charge in [0.2, 0.25) is 0 Å². The third kappa shape index (κ3) is 2.76. The highest BCUT2D eigenvalue weighted by Gasteiger charge is 2.15. The first kappa shape index (κ1) is 13.2. The Morgan fingerprint density at radius 3 is 2.79 bits per heavy atom. The summed E-state index contributed by atoms with van der Waals surface area (Å²) in [6.45, 7) is 1.87. The highest BCUT2D eigenvalue weighted by molar-refractivity contribution is 7.80. The molecule has 0 saturated heterocycles. The number of carbonyl (C=O) groups is 1. The number of nitrogens with zero attached hydrogens (tertiary/aromatic N) is 3. The van der Waals surface area contributed by atoms with E-state index >= 15 is 0 Å². The van der Waals surface area contributed by atoms with Gasteiger partial charge in [-0.15, -0.1) is 0 Å². The average molecular weight is 275 g/mol. The van der Waals surface area contributed by atoms with Crippen LogP contribution >= 0.6 is 12.2 Å². The van der Waals surface area contributed by atoms with Crippen molar-refractivity contribution in [3.63, 3.8) is 0 Å². The zero-order valence-electron chi connectivity index (χ0n) is 10.5. The molecule has 19 heavy (non-hydrogen) atoms. The number of hydrogen-bond donors (Lipinski definition) is 2. The predicted octanol–water partition coefficient (Wildman–Crippen LogP) is 1.01. The second-order valence-electron chi connectivity index (χ2n) is 4.10. The summed E-state index contributed by atoms with van der Waals surface area (Å²) in [5, 5.41) is 6.76. The van der Waals surface area contributed by atoms with Crippen LogP contribution in [0.4, 0.5) is 5.82 Å². The van der Waals surface area contributed by atoms with E-state index in [4.69, 9.17) is 18.0 Å². The lowest BCUT2D eigenvalue weighted by Crippen LogP contribution is -2.19. The van der Waals surface area contributed by atoms with Crippen LogP contribution in [0.2, 0.25) is 0 Å². The van der Waals surface area contributed by atoms with Gasteiger partial charge in [0, 0.05) is 19.4 Å². The van der Waals surface area contributed by atoms with Crippen molar-refractivity contribution in [3.05, 3.63) is 41.3 Å². The van der Waals surface area contributed by atoms with Crippen molar-refractivity contribution in [2.45, 2.75) is 6.92 Å². The molecule has 7 heteroatoms. The molecule has 2 aromatic rings. The third-order valence-electron chi connectivity index (χ3n) is 2.57. The number of rotatable bonds is 3. The van der Waals surface area contributed by atoms with Crippen molar-refractivity contribution < 1.29 is 4.79 Å². The number of thiocarbonyl (C=S) groups is 1. The third-order valence-corrected chi connectivity index (χ3v) is 2.79. The molecule has 2 heterocycles. The van der Waals surface area contributed by atoms with Gasteiger partial charge in [0.15, 0.2) is 0 Å². The van der Waals surface area contributed by atoms with E-state index < -0.39 is 0 Å². The topological polar surface area (TPSA) is 85.8 Å². The second-order valence-corrected chi connectivity index (χ2v) is 4.54. The number of aromatic nitrogens is 3. The summed E-state index contributed by atoms with van der Waals surface area (Å²) in [4.78, 5) is 16.3. The van der Waals surface area contributed by atoms with Crippen LogP contribution in [0, 0.1) is 6.92 Å². The van der Waals surface area contributed by atoms with Gasteiger partial charge in [0.1, 0.15) is 10.8 Å². The summed E-state index contributed by atoms with van der Waals surface area (Å²) in [5.41, 5.74) is 7.49. The molecule has 0 aliphatic rings. The molecule has 0 spiro atoms. The van der Waals surface area contributed by atoms with Crippen molar-refractivity contribution in [3.8, 4) is 0 Å². The van der Waals surface area contributed by atoms with Crippen molar-refractivity contribution in [1.82, 2.24) is 14.8 Å². The van der Waals surface area contributed by atoms with Gasteiger partial charge >= 0.3 is 0 Å². The molecule has 6 nitrogen and oxygen atoms in total. The molecule has 0 aliphatic heterocycles. The first-order valence-corrected chi connectivity index (χ1v) is 5.94. The molecule has 0 radical (unpaired) electrons. The van der Waals surface area contributed by atoms with Crippen molar-refractivity contribution in [2.75, 3.05) is 5.32 Å². The van der Waals surface area contributed by atoms with Crippen LogP contribution in [-0.2, 0) is 7.05 Å². The van der Waals surface area contributed by atoms with Crippen LogP contribution in [0.3, 0.4) is 0 Å². The number of nitrogens with two attached hydrogens (primary N) is 1. The quantitative estimate of drug-likeness (QED) is 0.816. The molecular formula is C12H13N5OS. The molecule has 0 saturated carbocycles. The lowest BCUT2D eigenvalue weighted by molar-refractivity contribution is 0.102. The maximum atomic E-state index is 12.1.